The number of hydrogen-bond donors (Lipinski definition) is 1. The van der Waals surface area contributed by atoms with E-state index in [0.29, 0.717) is 24.8 Å². The number of rotatable bonds is 9. The zero-order chi connectivity index (χ0) is 13.5. The van der Waals surface area contributed by atoms with E-state index in [1.54, 1.807) is 0 Å². The van der Waals surface area contributed by atoms with E-state index in [-0.39, 0.29) is 10.6 Å². The maximum atomic E-state index is 11.7. The molecule has 5 heteroatoms. The van der Waals surface area contributed by atoms with Gasteiger partial charge in [-0.3, -0.25) is 0 Å². The fraction of sp³-hybridized carbons (Fsp3) is 1.00. The minimum Gasteiger partial charge on any atom is -0.214 e. The fourth-order valence-corrected chi connectivity index (χ4v) is 4.12. The number of halogens is 1. The van der Waals surface area contributed by atoms with Crippen LogP contribution in [0.5, 0.6) is 0 Å². The van der Waals surface area contributed by atoms with Gasteiger partial charge in [-0.05, 0) is 18.3 Å². The first kappa shape index (κ1) is 17.4. The van der Waals surface area contributed by atoms with Crippen LogP contribution in [0.1, 0.15) is 47.0 Å². The second kappa shape index (κ2) is 8.48. The standard InChI is InChI=1S/C12H26BrNO2S/c1-5-11(6-2)12(13)9-14-17(15,16)8-7-10(3)4/h10-12,14H,5-9H2,1-4H3. The first-order valence-corrected chi connectivity index (χ1v) is 9.00. The number of nitrogens with one attached hydrogen (secondary N) is 1. The minimum atomic E-state index is -3.10. The quantitative estimate of drug-likeness (QED) is 0.661. The van der Waals surface area contributed by atoms with Crippen molar-refractivity contribution in [2.45, 2.75) is 51.8 Å². The second-order valence-electron chi connectivity index (χ2n) is 4.94. The molecule has 0 aromatic rings. The Morgan fingerprint density at radius 1 is 1.18 bits per heavy atom. The molecule has 0 aliphatic heterocycles. The van der Waals surface area contributed by atoms with Gasteiger partial charge in [0.1, 0.15) is 0 Å². The van der Waals surface area contributed by atoms with E-state index in [9.17, 15) is 8.42 Å². The molecule has 0 bridgehead atoms. The molecule has 0 aromatic heterocycles. The highest BCUT2D eigenvalue weighted by molar-refractivity contribution is 9.09. The van der Waals surface area contributed by atoms with Crippen LogP contribution in [0.15, 0.2) is 0 Å². The minimum absolute atomic E-state index is 0.228. The average molecular weight is 328 g/mol. The fourth-order valence-electron chi connectivity index (χ4n) is 1.64. The molecule has 0 aliphatic rings. The highest BCUT2D eigenvalue weighted by Crippen LogP contribution is 2.19. The molecule has 0 amide bonds. The van der Waals surface area contributed by atoms with Crippen molar-refractivity contribution in [1.82, 2.24) is 4.72 Å². The van der Waals surface area contributed by atoms with Crippen molar-refractivity contribution in [3.63, 3.8) is 0 Å². The van der Waals surface area contributed by atoms with Gasteiger partial charge in [-0.1, -0.05) is 56.5 Å². The van der Waals surface area contributed by atoms with Gasteiger partial charge in [0.15, 0.2) is 0 Å². The molecule has 1 N–H and O–H groups in total. The molecular weight excluding hydrogens is 302 g/mol. The third-order valence-corrected chi connectivity index (χ3v) is 5.47. The summed E-state index contributed by atoms with van der Waals surface area (Å²) in [7, 11) is -3.10. The predicted molar refractivity (Wildman–Crippen MR) is 78.0 cm³/mol. The number of hydrogen-bond acceptors (Lipinski definition) is 2. The molecule has 1 unspecified atom stereocenters. The molecule has 17 heavy (non-hydrogen) atoms. The van der Waals surface area contributed by atoms with Gasteiger partial charge in [-0.25, -0.2) is 13.1 Å². The third kappa shape index (κ3) is 8.16. The van der Waals surface area contributed by atoms with Crippen LogP contribution in [-0.4, -0.2) is 25.5 Å². The summed E-state index contributed by atoms with van der Waals surface area (Å²) in [4.78, 5) is 0.228. The first-order chi connectivity index (χ1) is 7.82. The lowest BCUT2D eigenvalue weighted by molar-refractivity contribution is 0.470. The van der Waals surface area contributed by atoms with Crippen LogP contribution in [-0.2, 0) is 10.0 Å². The van der Waals surface area contributed by atoms with Crippen LogP contribution in [0.25, 0.3) is 0 Å². The summed E-state index contributed by atoms with van der Waals surface area (Å²) in [5, 5.41) is 0. The Hall–Kier alpha value is 0.390. The van der Waals surface area contributed by atoms with Gasteiger partial charge in [-0.15, -0.1) is 0 Å². The van der Waals surface area contributed by atoms with Crippen LogP contribution in [0, 0.1) is 11.8 Å². The normalized spacial score (nSPS) is 14.5. The molecule has 0 spiro atoms. The maximum absolute atomic E-state index is 11.7. The van der Waals surface area contributed by atoms with E-state index in [1.807, 2.05) is 13.8 Å². The summed E-state index contributed by atoms with van der Waals surface area (Å²) in [6.45, 7) is 8.83. The lowest BCUT2D eigenvalue weighted by Crippen LogP contribution is -2.34. The van der Waals surface area contributed by atoms with E-state index in [1.165, 1.54) is 0 Å². The van der Waals surface area contributed by atoms with Crippen molar-refractivity contribution in [3.8, 4) is 0 Å². The highest BCUT2D eigenvalue weighted by atomic mass is 79.9. The molecule has 0 aliphatic carbocycles. The number of sulfonamides is 1. The third-order valence-electron chi connectivity index (χ3n) is 3.02. The lowest BCUT2D eigenvalue weighted by atomic mass is 10.00. The van der Waals surface area contributed by atoms with E-state index in [2.05, 4.69) is 34.5 Å². The van der Waals surface area contributed by atoms with Crippen LogP contribution in [0.4, 0.5) is 0 Å². The average Bonchev–Trinajstić information content (AvgIpc) is 2.26. The summed E-state index contributed by atoms with van der Waals surface area (Å²) < 4.78 is 26.1. The summed E-state index contributed by atoms with van der Waals surface area (Å²) in [5.41, 5.74) is 0. The lowest BCUT2D eigenvalue weighted by Gasteiger charge is -2.20. The molecule has 104 valence electrons. The Balaban J connectivity index is 4.08. The Kier molecular flexibility index (Phi) is 8.68. The molecular formula is C12H26BrNO2S. The molecule has 0 radical (unpaired) electrons. The van der Waals surface area contributed by atoms with Gasteiger partial charge in [-0.2, -0.15) is 0 Å². The topological polar surface area (TPSA) is 46.2 Å². The Morgan fingerprint density at radius 2 is 1.71 bits per heavy atom. The maximum Gasteiger partial charge on any atom is 0.211 e. The molecule has 0 rings (SSSR count). The molecule has 0 aromatic carbocycles. The summed E-state index contributed by atoms with van der Waals surface area (Å²) in [6.07, 6.45) is 2.85. The first-order valence-electron chi connectivity index (χ1n) is 6.43. The Bertz CT molecular complexity index is 287. The zero-order valence-electron chi connectivity index (χ0n) is 11.4. The highest BCUT2D eigenvalue weighted by Gasteiger charge is 2.18. The predicted octanol–water partition coefficient (Wildman–Crippen LogP) is 3.15. The van der Waals surface area contributed by atoms with E-state index >= 15 is 0 Å². The van der Waals surface area contributed by atoms with Crippen molar-refractivity contribution in [2.75, 3.05) is 12.3 Å². The van der Waals surface area contributed by atoms with Crippen molar-refractivity contribution in [1.29, 1.82) is 0 Å². The Morgan fingerprint density at radius 3 is 2.12 bits per heavy atom. The van der Waals surface area contributed by atoms with Gasteiger partial charge < -0.3 is 0 Å². The largest absolute Gasteiger partial charge is 0.214 e. The summed E-state index contributed by atoms with van der Waals surface area (Å²) >= 11 is 3.57. The molecule has 0 saturated heterocycles. The van der Waals surface area contributed by atoms with Crippen molar-refractivity contribution >= 4 is 26.0 Å². The number of alkyl halides is 1. The van der Waals surface area contributed by atoms with Crippen molar-refractivity contribution in [2.24, 2.45) is 11.8 Å². The van der Waals surface area contributed by atoms with E-state index in [4.69, 9.17) is 0 Å². The van der Waals surface area contributed by atoms with Crippen LogP contribution < -0.4 is 4.72 Å². The van der Waals surface area contributed by atoms with Crippen molar-refractivity contribution < 1.29 is 8.42 Å². The SMILES string of the molecule is CCC(CC)C(Br)CNS(=O)(=O)CCC(C)C. The van der Waals surface area contributed by atoms with E-state index in [0.717, 1.165) is 12.8 Å². The van der Waals surface area contributed by atoms with Gasteiger partial charge in [0.2, 0.25) is 10.0 Å². The van der Waals surface area contributed by atoms with Gasteiger partial charge in [0.25, 0.3) is 0 Å². The molecule has 0 heterocycles. The van der Waals surface area contributed by atoms with Gasteiger partial charge in [0.05, 0.1) is 5.75 Å². The Labute approximate surface area is 115 Å². The van der Waals surface area contributed by atoms with Crippen molar-refractivity contribution in [3.05, 3.63) is 0 Å². The zero-order valence-corrected chi connectivity index (χ0v) is 13.8. The van der Waals surface area contributed by atoms with Gasteiger partial charge >= 0.3 is 0 Å². The monoisotopic (exact) mass is 327 g/mol. The second-order valence-corrected chi connectivity index (χ2v) is 8.04. The molecule has 1 atom stereocenters. The van der Waals surface area contributed by atoms with Crippen LogP contribution in [0.3, 0.4) is 0 Å². The van der Waals surface area contributed by atoms with Crippen LogP contribution >= 0.6 is 15.9 Å². The summed E-state index contributed by atoms with van der Waals surface area (Å²) in [5.74, 6) is 1.18. The smallest absolute Gasteiger partial charge is 0.211 e. The molecule has 0 fully saturated rings. The summed E-state index contributed by atoms with van der Waals surface area (Å²) in [6, 6.07) is 0. The molecule has 0 saturated carbocycles. The van der Waals surface area contributed by atoms with E-state index < -0.39 is 10.0 Å². The van der Waals surface area contributed by atoms with Gasteiger partial charge in [0, 0.05) is 11.4 Å². The van der Waals surface area contributed by atoms with Crippen LogP contribution in [0.2, 0.25) is 0 Å². The molecule has 3 nitrogen and oxygen atoms in total.